The Bertz CT molecular complexity index is 519. The topological polar surface area (TPSA) is 38.8 Å². The van der Waals surface area contributed by atoms with Gasteiger partial charge in [0.2, 0.25) is 0 Å². The largest absolute Gasteiger partial charge is 0.493 e. The molecular weight excluding hydrogens is 278 g/mol. The van der Waals surface area contributed by atoms with Crippen LogP contribution in [0.5, 0.6) is 11.5 Å². The first kappa shape index (κ1) is 16.4. The van der Waals surface area contributed by atoms with Gasteiger partial charge in [-0.15, -0.1) is 6.58 Å². The molecule has 0 spiro atoms. The quantitative estimate of drug-likeness (QED) is 0.758. The summed E-state index contributed by atoms with van der Waals surface area (Å²) in [6.45, 7) is 7.68. The summed E-state index contributed by atoms with van der Waals surface area (Å²) in [6.07, 6.45) is 4.77. The van der Waals surface area contributed by atoms with E-state index in [0.29, 0.717) is 17.4 Å². The minimum atomic E-state index is 0.0455. The molecule has 1 aromatic carbocycles. The SMILES string of the molecule is C=CCc1ccc(OCC(=O)N2CCC(C)CC2)c(OC)c1. The number of allylic oxidation sites excluding steroid dienone is 1. The first-order valence-electron chi connectivity index (χ1n) is 7.82. The second-order valence-electron chi connectivity index (χ2n) is 5.83. The number of hydrogen-bond acceptors (Lipinski definition) is 3. The molecule has 1 aliphatic rings. The van der Waals surface area contributed by atoms with Gasteiger partial charge < -0.3 is 14.4 Å². The molecule has 0 aromatic heterocycles. The third-order valence-electron chi connectivity index (χ3n) is 4.10. The molecule has 4 nitrogen and oxygen atoms in total. The fourth-order valence-corrected chi connectivity index (χ4v) is 2.61. The minimum Gasteiger partial charge on any atom is -0.493 e. The lowest BCUT2D eigenvalue weighted by Gasteiger charge is -2.30. The number of amides is 1. The molecule has 0 atom stereocenters. The summed E-state index contributed by atoms with van der Waals surface area (Å²) in [5, 5.41) is 0. The lowest BCUT2D eigenvalue weighted by atomic mass is 9.99. The van der Waals surface area contributed by atoms with Crippen molar-refractivity contribution >= 4 is 5.91 Å². The van der Waals surface area contributed by atoms with Crippen LogP contribution in [0.4, 0.5) is 0 Å². The number of methoxy groups -OCH3 is 1. The number of hydrogen-bond donors (Lipinski definition) is 0. The summed E-state index contributed by atoms with van der Waals surface area (Å²) in [4.78, 5) is 14.1. The average Bonchev–Trinajstić information content (AvgIpc) is 2.54. The molecule has 1 fully saturated rings. The maximum atomic E-state index is 12.2. The van der Waals surface area contributed by atoms with E-state index in [-0.39, 0.29) is 12.5 Å². The van der Waals surface area contributed by atoms with Crippen molar-refractivity contribution in [3.05, 3.63) is 36.4 Å². The fraction of sp³-hybridized carbons (Fsp3) is 0.500. The zero-order valence-electron chi connectivity index (χ0n) is 13.5. The van der Waals surface area contributed by atoms with Crippen LogP contribution in [0, 0.1) is 5.92 Å². The molecule has 1 heterocycles. The predicted octanol–water partition coefficient (Wildman–Crippen LogP) is 3.06. The van der Waals surface area contributed by atoms with Crippen molar-refractivity contribution in [2.75, 3.05) is 26.8 Å². The van der Waals surface area contributed by atoms with Gasteiger partial charge in [-0.25, -0.2) is 0 Å². The van der Waals surface area contributed by atoms with Crippen molar-refractivity contribution in [1.82, 2.24) is 4.90 Å². The summed E-state index contributed by atoms with van der Waals surface area (Å²) in [7, 11) is 1.60. The molecule has 0 unspecified atom stereocenters. The Morgan fingerprint density at radius 1 is 1.36 bits per heavy atom. The third-order valence-corrected chi connectivity index (χ3v) is 4.10. The second-order valence-corrected chi connectivity index (χ2v) is 5.83. The molecule has 1 aromatic rings. The number of carbonyl (C=O) groups excluding carboxylic acids is 1. The molecule has 0 aliphatic carbocycles. The molecule has 0 N–H and O–H groups in total. The highest BCUT2D eigenvalue weighted by atomic mass is 16.5. The number of likely N-dealkylation sites (tertiary alicyclic amines) is 1. The summed E-state index contributed by atoms with van der Waals surface area (Å²) in [5.74, 6) is 2.01. The van der Waals surface area contributed by atoms with Crippen LogP contribution in [-0.4, -0.2) is 37.6 Å². The number of benzene rings is 1. The molecule has 1 saturated heterocycles. The number of nitrogens with zero attached hydrogens (tertiary/aromatic N) is 1. The molecule has 0 saturated carbocycles. The van der Waals surface area contributed by atoms with E-state index in [0.717, 1.165) is 37.9 Å². The van der Waals surface area contributed by atoms with Crippen LogP contribution < -0.4 is 9.47 Å². The van der Waals surface area contributed by atoms with Gasteiger partial charge in [-0.2, -0.15) is 0 Å². The Hall–Kier alpha value is -1.97. The van der Waals surface area contributed by atoms with Gasteiger partial charge in [0.05, 0.1) is 7.11 Å². The van der Waals surface area contributed by atoms with E-state index in [2.05, 4.69) is 13.5 Å². The van der Waals surface area contributed by atoms with Gasteiger partial charge in [-0.05, 0) is 42.9 Å². The van der Waals surface area contributed by atoms with Crippen LogP contribution in [-0.2, 0) is 11.2 Å². The Kier molecular flexibility index (Phi) is 5.87. The van der Waals surface area contributed by atoms with E-state index in [1.54, 1.807) is 7.11 Å². The standard InChI is InChI=1S/C18H25NO3/c1-4-5-15-6-7-16(17(12-15)21-3)22-13-18(20)19-10-8-14(2)9-11-19/h4,6-7,12,14H,1,5,8-11,13H2,2-3H3. The Balaban J connectivity index is 1.93. The summed E-state index contributed by atoms with van der Waals surface area (Å²) in [5.41, 5.74) is 1.11. The zero-order chi connectivity index (χ0) is 15.9. The van der Waals surface area contributed by atoms with E-state index in [9.17, 15) is 4.79 Å². The molecule has 1 amide bonds. The third kappa shape index (κ3) is 4.26. The van der Waals surface area contributed by atoms with Crippen LogP contribution in [0.15, 0.2) is 30.9 Å². The van der Waals surface area contributed by atoms with Gasteiger partial charge >= 0.3 is 0 Å². The van der Waals surface area contributed by atoms with Crippen LogP contribution in [0.1, 0.15) is 25.3 Å². The van der Waals surface area contributed by atoms with Crippen molar-refractivity contribution in [2.24, 2.45) is 5.92 Å². The number of ether oxygens (including phenoxy) is 2. The van der Waals surface area contributed by atoms with Crippen molar-refractivity contribution < 1.29 is 14.3 Å². The smallest absolute Gasteiger partial charge is 0.260 e. The maximum Gasteiger partial charge on any atom is 0.260 e. The van der Waals surface area contributed by atoms with Crippen LogP contribution >= 0.6 is 0 Å². The average molecular weight is 303 g/mol. The van der Waals surface area contributed by atoms with Gasteiger partial charge in [0.25, 0.3) is 5.91 Å². The minimum absolute atomic E-state index is 0.0455. The van der Waals surface area contributed by atoms with Gasteiger partial charge in [0.15, 0.2) is 18.1 Å². The molecule has 2 rings (SSSR count). The molecular formula is C18H25NO3. The zero-order valence-corrected chi connectivity index (χ0v) is 13.5. The van der Waals surface area contributed by atoms with Crippen LogP contribution in [0.2, 0.25) is 0 Å². The fourth-order valence-electron chi connectivity index (χ4n) is 2.61. The second kappa shape index (κ2) is 7.87. The highest BCUT2D eigenvalue weighted by molar-refractivity contribution is 5.78. The Morgan fingerprint density at radius 3 is 2.73 bits per heavy atom. The van der Waals surface area contributed by atoms with Gasteiger partial charge in [0.1, 0.15) is 0 Å². The monoisotopic (exact) mass is 303 g/mol. The summed E-state index contributed by atoms with van der Waals surface area (Å²) in [6, 6.07) is 5.74. The van der Waals surface area contributed by atoms with Gasteiger partial charge in [0, 0.05) is 13.1 Å². The predicted molar refractivity (Wildman–Crippen MR) is 87.4 cm³/mol. The van der Waals surface area contributed by atoms with E-state index in [1.165, 1.54) is 0 Å². The highest BCUT2D eigenvalue weighted by Gasteiger charge is 2.20. The van der Waals surface area contributed by atoms with Gasteiger partial charge in [-0.1, -0.05) is 19.1 Å². The van der Waals surface area contributed by atoms with Crippen molar-refractivity contribution in [2.45, 2.75) is 26.2 Å². The molecule has 0 bridgehead atoms. The van der Waals surface area contributed by atoms with Crippen LogP contribution in [0.25, 0.3) is 0 Å². The molecule has 120 valence electrons. The first-order chi connectivity index (χ1) is 10.6. The Labute approximate surface area is 132 Å². The Morgan fingerprint density at radius 2 is 2.09 bits per heavy atom. The van der Waals surface area contributed by atoms with E-state index in [1.807, 2.05) is 29.2 Å². The lowest BCUT2D eigenvalue weighted by Crippen LogP contribution is -2.40. The van der Waals surface area contributed by atoms with E-state index < -0.39 is 0 Å². The van der Waals surface area contributed by atoms with Crippen molar-refractivity contribution in [3.8, 4) is 11.5 Å². The molecule has 1 aliphatic heterocycles. The lowest BCUT2D eigenvalue weighted by molar-refractivity contribution is -0.134. The number of carbonyl (C=O) groups is 1. The van der Waals surface area contributed by atoms with Crippen molar-refractivity contribution in [3.63, 3.8) is 0 Å². The van der Waals surface area contributed by atoms with Crippen molar-refractivity contribution in [1.29, 1.82) is 0 Å². The number of rotatable bonds is 6. The van der Waals surface area contributed by atoms with Crippen LogP contribution in [0.3, 0.4) is 0 Å². The highest BCUT2D eigenvalue weighted by Crippen LogP contribution is 2.28. The van der Waals surface area contributed by atoms with E-state index >= 15 is 0 Å². The summed E-state index contributed by atoms with van der Waals surface area (Å²) < 4.78 is 11.0. The molecule has 22 heavy (non-hydrogen) atoms. The normalized spacial score (nSPS) is 15.5. The maximum absolute atomic E-state index is 12.2. The molecule has 0 radical (unpaired) electrons. The van der Waals surface area contributed by atoms with E-state index in [4.69, 9.17) is 9.47 Å². The molecule has 4 heteroatoms. The number of piperidine rings is 1. The summed E-state index contributed by atoms with van der Waals surface area (Å²) >= 11 is 0. The first-order valence-corrected chi connectivity index (χ1v) is 7.82. The van der Waals surface area contributed by atoms with Gasteiger partial charge in [-0.3, -0.25) is 4.79 Å².